The van der Waals surface area contributed by atoms with Crippen LogP contribution in [-0.2, 0) is 80.1 Å². The lowest BCUT2D eigenvalue weighted by atomic mass is 9.93. The Morgan fingerprint density at radius 3 is 1.53 bits per heavy atom. The largest absolute Gasteiger partial charge is 0.464 e. The molecule has 7 rings (SSSR count). The van der Waals surface area contributed by atoms with Crippen LogP contribution in [0.5, 0.6) is 0 Å². The average molecular weight is 849 g/mol. The van der Waals surface area contributed by atoms with E-state index in [0.717, 1.165) is 44.1 Å². The summed E-state index contributed by atoms with van der Waals surface area (Å²) in [7, 11) is 0. The third kappa shape index (κ3) is 11.1. The molecule has 62 heavy (non-hydrogen) atoms. The molecule has 3 aromatic carbocycles. The molecule has 2 atom stereocenters. The number of aryl methyl sites for hydroxylation is 4. The van der Waals surface area contributed by atoms with Crippen LogP contribution in [0.1, 0.15) is 98.9 Å². The first-order chi connectivity index (χ1) is 30.0. The summed E-state index contributed by atoms with van der Waals surface area (Å²) in [5.41, 5.74) is 5.54. The van der Waals surface area contributed by atoms with Crippen LogP contribution in [0.2, 0.25) is 0 Å². The van der Waals surface area contributed by atoms with E-state index in [1.807, 2.05) is 42.5 Å². The van der Waals surface area contributed by atoms with E-state index in [4.69, 9.17) is 14.2 Å². The molecule has 0 aromatic heterocycles. The number of rotatable bonds is 17. The minimum absolute atomic E-state index is 0.0751. The topological polar surface area (TPSA) is 178 Å². The van der Waals surface area contributed by atoms with Gasteiger partial charge < -0.3 is 34.6 Å². The maximum absolute atomic E-state index is 13.5. The molecule has 2 heterocycles. The third-order valence-corrected chi connectivity index (χ3v) is 12.4. The lowest BCUT2D eigenvalue weighted by molar-refractivity contribution is -0.171. The molecule has 14 heteroatoms. The number of benzene rings is 3. The first-order valence-electron chi connectivity index (χ1n) is 21.9. The SMILES string of the molecule is CC(COC(=O)CCC(=O)N1CCC[C@H]1C(=O)Nc1ccc2c(c1)CCC2)(COC(=O)CCC(=O)N1CCC[C@H]1C(=O)Nc1ccc2c(c1)CCC2)C(=O)OCc1ccccc1. The molecule has 2 saturated heterocycles. The van der Waals surface area contributed by atoms with Crippen LogP contribution in [-0.4, -0.2) is 89.7 Å². The molecular weight excluding hydrogens is 793 g/mol. The van der Waals surface area contributed by atoms with Crippen LogP contribution < -0.4 is 10.6 Å². The number of amides is 4. The standard InChI is InChI=1S/C48H56N4O10/c1-48(47(59)60-29-32-9-3-2-4-10-32,30-61-43(55)23-21-41(53)51-25-7-15-39(51)45(57)49-37-19-17-33-11-5-13-35(33)27-37)31-62-44(56)24-22-42(54)52-26-8-16-40(52)46(58)50-38-20-18-34-12-6-14-36(34)28-38/h2-4,9-10,17-20,27-28,39-40H,5-8,11-16,21-26,29-31H2,1H3,(H,49,57)(H,50,58)/t39-,40-/m0/s1. The number of nitrogens with zero attached hydrogens (tertiary/aromatic N) is 2. The second-order valence-corrected chi connectivity index (χ2v) is 17.1. The number of anilines is 2. The Morgan fingerprint density at radius 1 is 0.581 bits per heavy atom. The Balaban J connectivity index is 0.886. The molecule has 0 unspecified atom stereocenters. The zero-order valence-electron chi connectivity index (χ0n) is 35.4. The van der Waals surface area contributed by atoms with Crippen LogP contribution in [0.25, 0.3) is 0 Å². The number of fused-ring (bicyclic) bond motifs is 2. The normalized spacial score (nSPS) is 17.8. The predicted octanol–water partition coefficient (Wildman–Crippen LogP) is 5.62. The van der Waals surface area contributed by atoms with Gasteiger partial charge in [0.2, 0.25) is 23.6 Å². The Labute approximate surface area is 362 Å². The molecule has 328 valence electrons. The van der Waals surface area contributed by atoms with Gasteiger partial charge in [-0.1, -0.05) is 42.5 Å². The number of carbonyl (C=O) groups is 7. The van der Waals surface area contributed by atoms with Crippen molar-refractivity contribution in [2.24, 2.45) is 5.41 Å². The van der Waals surface area contributed by atoms with Gasteiger partial charge in [-0.2, -0.15) is 0 Å². The molecule has 2 fully saturated rings. The van der Waals surface area contributed by atoms with Crippen molar-refractivity contribution in [3.05, 3.63) is 94.5 Å². The van der Waals surface area contributed by atoms with E-state index < -0.39 is 48.6 Å². The molecule has 2 aliphatic carbocycles. The first kappa shape index (κ1) is 44.0. The van der Waals surface area contributed by atoms with Crippen LogP contribution in [0.3, 0.4) is 0 Å². The smallest absolute Gasteiger partial charge is 0.319 e. The van der Waals surface area contributed by atoms with E-state index in [1.165, 1.54) is 39.0 Å². The van der Waals surface area contributed by atoms with Crippen molar-refractivity contribution in [3.8, 4) is 0 Å². The molecule has 4 amide bonds. The fourth-order valence-electron chi connectivity index (χ4n) is 8.81. The molecule has 2 aliphatic heterocycles. The zero-order chi connectivity index (χ0) is 43.6. The first-order valence-corrected chi connectivity index (χ1v) is 21.9. The van der Waals surface area contributed by atoms with Crippen molar-refractivity contribution < 1.29 is 47.8 Å². The highest BCUT2D eigenvalue weighted by molar-refractivity contribution is 5.99. The van der Waals surface area contributed by atoms with Gasteiger partial charge >= 0.3 is 17.9 Å². The number of ether oxygens (including phenoxy) is 3. The lowest BCUT2D eigenvalue weighted by Gasteiger charge is -2.27. The van der Waals surface area contributed by atoms with Crippen LogP contribution in [0, 0.1) is 5.41 Å². The number of nitrogens with one attached hydrogen (secondary N) is 2. The number of carbonyl (C=O) groups excluding carboxylic acids is 7. The number of likely N-dealkylation sites (tertiary alicyclic amines) is 2. The summed E-state index contributed by atoms with van der Waals surface area (Å²) in [5.74, 6) is -3.55. The fraction of sp³-hybridized carbons (Fsp3) is 0.479. The minimum Gasteiger partial charge on any atom is -0.464 e. The third-order valence-electron chi connectivity index (χ3n) is 12.4. The quantitative estimate of drug-likeness (QED) is 0.128. The molecular formula is C48H56N4O10. The van der Waals surface area contributed by atoms with Gasteiger partial charge in [-0.3, -0.25) is 33.6 Å². The van der Waals surface area contributed by atoms with Crippen LogP contribution >= 0.6 is 0 Å². The Hall–Kier alpha value is -6.05. The van der Waals surface area contributed by atoms with Crippen LogP contribution in [0.4, 0.5) is 11.4 Å². The predicted molar refractivity (Wildman–Crippen MR) is 228 cm³/mol. The summed E-state index contributed by atoms with van der Waals surface area (Å²) in [6.07, 6.45) is 7.53. The number of hydrogen-bond acceptors (Lipinski definition) is 10. The maximum Gasteiger partial charge on any atom is 0.319 e. The zero-order valence-corrected chi connectivity index (χ0v) is 35.4. The molecule has 0 bridgehead atoms. The van der Waals surface area contributed by atoms with Gasteiger partial charge in [0.25, 0.3) is 0 Å². The number of esters is 3. The molecule has 14 nitrogen and oxygen atoms in total. The van der Waals surface area contributed by atoms with Gasteiger partial charge in [-0.15, -0.1) is 0 Å². The molecule has 0 spiro atoms. The summed E-state index contributed by atoms with van der Waals surface area (Å²) in [6.45, 7) is 1.13. The van der Waals surface area contributed by atoms with Crippen molar-refractivity contribution in [1.29, 1.82) is 0 Å². The Kier molecular flexibility index (Phi) is 14.4. The Bertz CT molecular complexity index is 2050. The summed E-state index contributed by atoms with van der Waals surface area (Å²) < 4.78 is 16.6. The van der Waals surface area contributed by atoms with Gasteiger partial charge in [0, 0.05) is 37.3 Å². The minimum atomic E-state index is -1.63. The highest BCUT2D eigenvalue weighted by atomic mass is 16.6. The Morgan fingerprint density at radius 2 is 1.05 bits per heavy atom. The van der Waals surface area contributed by atoms with Crippen molar-refractivity contribution in [2.75, 3.05) is 36.9 Å². The fourth-order valence-corrected chi connectivity index (χ4v) is 8.81. The van der Waals surface area contributed by atoms with E-state index in [-0.39, 0.29) is 55.9 Å². The molecule has 3 aromatic rings. The van der Waals surface area contributed by atoms with Crippen molar-refractivity contribution in [2.45, 2.75) is 116 Å². The monoisotopic (exact) mass is 848 g/mol. The second-order valence-electron chi connectivity index (χ2n) is 17.1. The van der Waals surface area contributed by atoms with Gasteiger partial charge in [0.15, 0.2) is 0 Å². The van der Waals surface area contributed by atoms with E-state index in [0.29, 0.717) is 50.1 Å². The summed E-state index contributed by atoms with van der Waals surface area (Å²) in [5, 5.41) is 5.92. The van der Waals surface area contributed by atoms with E-state index in [2.05, 4.69) is 10.6 Å². The molecule has 0 radical (unpaired) electrons. The molecule has 2 N–H and O–H groups in total. The summed E-state index contributed by atoms with van der Waals surface area (Å²) in [6, 6.07) is 19.5. The van der Waals surface area contributed by atoms with E-state index in [9.17, 15) is 33.6 Å². The van der Waals surface area contributed by atoms with E-state index in [1.54, 1.807) is 24.3 Å². The molecule has 4 aliphatic rings. The average Bonchev–Trinajstić information content (AvgIpc) is 4.13. The van der Waals surface area contributed by atoms with Crippen molar-refractivity contribution in [1.82, 2.24) is 9.80 Å². The highest BCUT2D eigenvalue weighted by Crippen LogP contribution is 2.29. The van der Waals surface area contributed by atoms with Gasteiger partial charge in [0.05, 0.1) is 12.8 Å². The van der Waals surface area contributed by atoms with Gasteiger partial charge in [0.1, 0.15) is 37.3 Å². The maximum atomic E-state index is 13.5. The number of hydrogen-bond donors (Lipinski definition) is 2. The van der Waals surface area contributed by atoms with E-state index >= 15 is 0 Å². The summed E-state index contributed by atoms with van der Waals surface area (Å²) >= 11 is 0. The lowest BCUT2D eigenvalue weighted by Crippen LogP contribution is -2.43. The van der Waals surface area contributed by atoms with Gasteiger partial charge in [-0.25, -0.2) is 0 Å². The van der Waals surface area contributed by atoms with Crippen LogP contribution in [0.15, 0.2) is 66.7 Å². The summed E-state index contributed by atoms with van der Waals surface area (Å²) in [4.78, 5) is 95.6. The second kappa shape index (κ2) is 20.2. The van der Waals surface area contributed by atoms with Crippen molar-refractivity contribution in [3.63, 3.8) is 0 Å². The molecule has 0 saturated carbocycles. The van der Waals surface area contributed by atoms with Crippen molar-refractivity contribution >= 4 is 52.9 Å². The van der Waals surface area contributed by atoms with Gasteiger partial charge in [-0.05, 0) is 123 Å². The highest BCUT2D eigenvalue weighted by Gasteiger charge is 2.40.